The standard InChI is InChI=1S/C11H17N3O3S/c1-4-5(2)8(12)9(15)13-10-7(11(16)17)6(3)14-18-10/h5,8H,4,12H2,1-3H3,(H,13,15)(H,16,17)/t5-,8-/m0/s1. The van der Waals surface area contributed by atoms with Crippen molar-refractivity contribution >= 4 is 28.4 Å². The van der Waals surface area contributed by atoms with Crippen LogP contribution in [0.3, 0.4) is 0 Å². The molecule has 4 N–H and O–H groups in total. The molecule has 18 heavy (non-hydrogen) atoms. The van der Waals surface area contributed by atoms with Crippen LogP contribution in [0.1, 0.15) is 36.3 Å². The Balaban J connectivity index is 2.86. The first-order valence-corrected chi connectivity index (χ1v) is 6.41. The molecule has 0 fully saturated rings. The Morgan fingerprint density at radius 1 is 1.56 bits per heavy atom. The summed E-state index contributed by atoms with van der Waals surface area (Å²) in [7, 11) is 0. The van der Waals surface area contributed by atoms with Crippen LogP contribution in [-0.2, 0) is 4.79 Å². The summed E-state index contributed by atoms with van der Waals surface area (Å²) in [5, 5.41) is 11.8. The second kappa shape index (κ2) is 5.92. The molecule has 100 valence electrons. The van der Waals surface area contributed by atoms with E-state index in [2.05, 4.69) is 9.69 Å². The topological polar surface area (TPSA) is 105 Å². The molecular formula is C11H17N3O3S. The Morgan fingerprint density at radius 2 is 2.17 bits per heavy atom. The van der Waals surface area contributed by atoms with Crippen molar-refractivity contribution in [3.8, 4) is 0 Å². The molecule has 0 saturated carbocycles. The average molecular weight is 271 g/mol. The number of aromatic carboxylic acids is 1. The normalized spacial score (nSPS) is 14.0. The van der Waals surface area contributed by atoms with Crippen molar-refractivity contribution in [2.24, 2.45) is 11.7 Å². The van der Waals surface area contributed by atoms with Gasteiger partial charge in [-0.1, -0.05) is 20.3 Å². The Bertz CT molecular complexity index is 458. The van der Waals surface area contributed by atoms with Gasteiger partial charge in [-0.05, 0) is 24.4 Å². The SMILES string of the molecule is CC[C@H](C)[C@H](N)C(=O)Nc1snc(C)c1C(=O)O. The Morgan fingerprint density at radius 3 is 2.67 bits per heavy atom. The molecule has 0 unspecified atom stereocenters. The molecule has 0 aliphatic carbocycles. The Labute approximate surface area is 109 Å². The largest absolute Gasteiger partial charge is 0.478 e. The van der Waals surface area contributed by atoms with E-state index in [0.29, 0.717) is 5.69 Å². The Hall–Kier alpha value is -1.47. The van der Waals surface area contributed by atoms with E-state index in [1.54, 1.807) is 6.92 Å². The van der Waals surface area contributed by atoms with Crippen molar-refractivity contribution in [3.63, 3.8) is 0 Å². The summed E-state index contributed by atoms with van der Waals surface area (Å²) in [6, 6.07) is -0.654. The predicted octanol–water partition coefficient (Wildman–Crippen LogP) is 1.46. The summed E-state index contributed by atoms with van der Waals surface area (Å²) in [6.07, 6.45) is 0.780. The van der Waals surface area contributed by atoms with Crippen LogP contribution >= 0.6 is 11.5 Å². The van der Waals surface area contributed by atoms with Gasteiger partial charge in [0, 0.05) is 0 Å². The van der Waals surface area contributed by atoms with E-state index in [1.165, 1.54) is 0 Å². The number of nitrogens with two attached hydrogens (primary N) is 1. The van der Waals surface area contributed by atoms with E-state index in [4.69, 9.17) is 10.8 Å². The maximum absolute atomic E-state index is 11.8. The third kappa shape index (κ3) is 3.05. The van der Waals surface area contributed by atoms with Gasteiger partial charge < -0.3 is 16.2 Å². The molecule has 1 amide bonds. The van der Waals surface area contributed by atoms with Gasteiger partial charge in [-0.2, -0.15) is 4.37 Å². The summed E-state index contributed by atoms with van der Waals surface area (Å²) < 4.78 is 3.92. The van der Waals surface area contributed by atoms with Gasteiger partial charge in [0.2, 0.25) is 5.91 Å². The van der Waals surface area contributed by atoms with Crippen LogP contribution in [0.4, 0.5) is 5.00 Å². The number of aromatic nitrogens is 1. The van der Waals surface area contributed by atoms with Gasteiger partial charge in [0.05, 0.1) is 11.7 Å². The highest BCUT2D eigenvalue weighted by Crippen LogP contribution is 2.24. The lowest BCUT2D eigenvalue weighted by molar-refractivity contribution is -0.118. The quantitative estimate of drug-likeness (QED) is 0.752. The molecule has 0 aromatic carbocycles. The number of amides is 1. The van der Waals surface area contributed by atoms with Crippen molar-refractivity contribution in [3.05, 3.63) is 11.3 Å². The zero-order valence-electron chi connectivity index (χ0n) is 10.6. The van der Waals surface area contributed by atoms with Crippen molar-refractivity contribution in [1.29, 1.82) is 0 Å². The number of carbonyl (C=O) groups is 2. The number of carbonyl (C=O) groups excluding carboxylic acids is 1. The maximum Gasteiger partial charge on any atom is 0.340 e. The molecule has 1 heterocycles. The number of carboxylic acids is 1. The van der Waals surface area contributed by atoms with Crippen molar-refractivity contribution in [2.75, 3.05) is 5.32 Å². The number of hydrogen-bond acceptors (Lipinski definition) is 5. The van der Waals surface area contributed by atoms with E-state index in [1.807, 2.05) is 13.8 Å². The highest BCUT2D eigenvalue weighted by molar-refractivity contribution is 7.11. The highest BCUT2D eigenvalue weighted by atomic mass is 32.1. The van der Waals surface area contributed by atoms with E-state index < -0.39 is 12.0 Å². The fourth-order valence-corrected chi connectivity index (χ4v) is 2.21. The molecule has 0 saturated heterocycles. The van der Waals surface area contributed by atoms with Gasteiger partial charge in [-0.25, -0.2) is 4.79 Å². The second-order valence-electron chi connectivity index (χ2n) is 4.18. The number of nitrogens with one attached hydrogen (secondary N) is 1. The number of anilines is 1. The van der Waals surface area contributed by atoms with Gasteiger partial charge in [0.25, 0.3) is 0 Å². The highest BCUT2D eigenvalue weighted by Gasteiger charge is 2.24. The number of carboxylic acid groups (broad SMARTS) is 1. The van der Waals surface area contributed by atoms with Gasteiger partial charge in [0.1, 0.15) is 10.6 Å². The monoisotopic (exact) mass is 271 g/mol. The fourth-order valence-electron chi connectivity index (χ4n) is 1.41. The first kappa shape index (κ1) is 14.6. The molecule has 0 spiro atoms. The molecule has 7 heteroatoms. The van der Waals surface area contributed by atoms with E-state index >= 15 is 0 Å². The van der Waals surface area contributed by atoms with Crippen LogP contribution in [-0.4, -0.2) is 27.4 Å². The van der Waals surface area contributed by atoms with Gasteiger partial charge >= 0.3 is 5.97 Å². The van der Waals surface area contributed by atoms with Crippen LogP contribution < -0.4 is 11.1 Å². The van der Waals surface area contributed by atoms with Crippen LogP contribution in [0, 0.1) is 12.8 Å². The molecule has 1 rings (SSSR count). The molecule has 0 bridgehead atoms. The summed E-state index contributed by atoms with van der Waals surface area (Å²) in [5.74, 6) is -1.45. The molecule has 1 aromatic rings. The van der Waals surface area contributed by atoms with Crippen LogP contribution in [0.5, 0.6) is 0 Å². The van der Waals surface area contributed by atoms with Gasteiger partial charge in [-0.3, -0.25) is 4.79 Å². The zero-order chi connectivity index (χ0) is 13.9. The van der Waals surface area contributed by atoms with E-state index in [0.717, 1.165) is 18.0 Å². The minimum Gasteiger partial charge on any atom is -0.478 e. The lowest BCUT2D eigenvalue weighted by Gasteiger charge is -2.17. The molecule has 6 nitrogen and oxygen atoms in total. The number of rotatable bonds is 5. The first-order valence-electron chi connectivity index (χ1n) is 5.64. The summed E-state index contributed by atoms with van der Waals surface area (Å²) in [5.41, 5.74) is 6.20. The third-order valence-electron chi connectivity index (χ3n) is 2.87. The minimum absolute atomic E-state index is 0.0321. The minimum atomic E-state index is -1.10. The van der Waals surface area contributed by atoms with Crippen LogP contribution in [0.2, 0.25) is 0 Å². The molecule has 1 aromatic heterocycles. The predicted molar refractivity (Wildman–Crippen MR) is 69.9 cm³/mol. The van der Waals surface area contributed by atoms with Crippen molar-refractivity contribution in [2.45, 2.75) is 33.2 Å². The van der Waals surface area contributed by atoms with Crippen molar-refractivity contribution < 1.29 is 14.7 Å². The van der Waals surface area contributed by atoms with Crippen molar-refractivity contribution in [1.82, 2.24) is 4.37 Å². The second-order valence-corrected chi connectivity index (χ2v) is 4.95. The number of aryl methyl sites for hydroxylation is 1. The average Bonchev–Trinajstić information content (AvgIpc) is 2.68. The molecule has 0 aliphatic heterocycles. The third-order valence-corrected chi connectivity index (χ3v) is 3.73. The lowest BCUT2D eigenvalue weighted by Crippen LogP contribution is -2.40. The Kier molecular flexibility index (Phi) is 4.80. The maximum atomic E-state index is 11.8. The fraction of sp³-hybridized carbons (Fsp3) is 0.545. The molecule has 0 aliphatic rings. The molecular weight excluding hydrogens is 254 g/mol. The van der Waals surface area contributed by atoms with Gasteiger partial charge in [-0.15, -0.1) is 0 Å². The molecule has 2 atom stereocenters. The summed E-state index contributed by atoms with van der Waals surface area (Å²) >= 11 is 0.951. The summed E-state index contributed by atoms with van der Waals surface area (Å²) in [4.78, 5) is 22.9. The zero-order valence-corrected chi connectivity index (χ0v) is 11.4. The van der Waals surface area contributed by atoms with E-state index in [-0.39, 0.29) is 22.4 Å². The van der Waals surface area contributed by atoms with E-state index in [9.17, 15) is 9.59 Å². The lowest BCUT2D eigenvalue weighted by atomic mass is 9.99. The number of hydrogen-bond donors (Lipinski definition) is 3. The first-order chi connectivity index (χ1) is 8.38. The summed E-state index contributed by atoms with van der Waals surface area (Å²) in [6.45, 7) is 5.40. The van der Waals surface area contributed by atoms with Gasteiger partial charge in [0.15, 0.2) is 0 Å². The van der Waals surface area contributed by atoms with Crippen LogP contribution in [0.15, 0.2) is 0 Å². The smallest absolute Gasteiger partial charge is 0.340 e. The van der Waals surface area contributed by atoms with Crippen LogP contribution in [0.25, 0.3) is 0 Å². The number of nitrogens with zero attached hydrogens (tertiary/aromatic N) is 1. The molecule has 0 radical (unpaired) electrons.